The maximum Gasteiger partial charge on any atom is 0.242 e. The number of sulfonamides is 1. The van der Waals surface area contributed by atoms with Crippen molar-refractivity contribution in [3.05, 3.63) is 28.7 Å². The largest absolute Gasteiger partial charge is 0.242 e. The molecule has 3 unspecified atom stereocenters. The van der Waals surface area contributed by atoms with Gasteiger partial charge < -0.3 is 0 Å². The number of benzene rings is 1. The second-order valence-electron chi connectivity index (χ2n) is 6.17. The zero-order valence-corrected chi connectivity index (χ0v) is 14.0. The lowest BCUT2D eigenvalue weighted by Crippen LogP contribution is -2.33. The summed E-state index contributed by atoms with van der Waals surface area (Å²) in [4.78, 5) is 0.381. The number of hydrogen-bond donors (Lipinski definition) is 0. The average molecular weight is 358 g/mol. The average Bonchev–Trinajstić information content (AvgIpc) is 3.01. The van der Waals surface area contributed by atoms with Gasteiger partial charge in [0.15, 0.2) is 0 Å². The highest BCUT2D eigenvalue weighted by molar-refractivity contribution is 9.10. The van der Waals surface area contributed by atoms with Gasteiger partial charge in [-0.1, -0.05) is 22.4 Å². The maximum atomic E-state index is 12.5. The molecule has 0 aromatic heterocycles. The molecule has 0 saturated heterocycles. The summed E-state index contributed by atoms with van der Waals surface area (Å²) in [6, 6.07) is 6.88. The van der Waals surface area contributed by atoms with Crippen LogP contribution in [0.15, 0.2) is 33.6 Å². The molecule has 0 aliphatic heterocycles. The summed E-state index contributed by atoms with van der Waals surface area (Å²) in [7, 11) is -1.64. The van der Waals surface area contributed by atoms with E-state index in [0.29, 0.717) is 17.4 Å². The Morgan fingerprint density at radius 1 is 1.20 bits per heavy atom. The SMILES string of the molecule is CN(CC1CC2CCC1C2)S(=O)(=O)c1ccc(Br)cc1. The van der Waals surface area contributed by atoms with E-state index in [2.05, 4.69) is 15.9 Å². The lowest BCUT2D eigenvalue weighted by atomic mass is 9.89. The van der Waals surface area contributed by atoms with Gasteiger partial charge in [0.25, 0.3) is 0 Å². The van der Waals surface area contributed by atoms with E-state index < -0.39 is 10.0 Å². The molecule has 2 aliphatic rings. The van der Waals surface area contributed by atoms with Crippen molar-refractivity contribution >= 4 is 26.0 Å². The van der Waals surface area contributed by atoms with E-state index in [1.54, 1.807) is 35.6 Å². The minimum Gasteiger partial charge on any atom is -0.207 e. The van der Waals surface area contributed by atoms with Crippen LogP contribution in [0, 0.1) is 17.8 Å². The summed E-state index contributed by atoms with van der Waals surface area (Å²) >= 11 is 3.33. The molecular formula is C15H20BrNO2S. The van der Waals surface area contributed by atoms with Crippen LogP contribution >= 0.6 is 15.9 Å². The summed E-state index contributed by atoms with van der Waals surface area (Å²) < 4.78 is 27.5. The van der Waals surface area contributed by atoms with Crippen molar-refractivity contribution in [3.63, 3.8) is 0 Å². The lowest BCUT2D eigenvalue weighted by Gasteiger charge is -2.26. The fraction of sp³-hybridized carbons (Fsp3) is 0.600. The summed E-state index contributed by atoms with van der Waals surface area (Å²) in [5.74, 6) is 2.17. The normalized spacial score (nSPS) is 29.2. The molecule has 0 radical (unpaired) electrons. The molecule has 5 heteroatoms. The predicted molar refractivity (Wildman–Crippen MR) is 82.9 cm³/mol. The number of nitrogens with zero attached hydrogens (tertiary/aromatic N) is 1. The third kappa shape index (κ3) is 2.68. The van der Waals surface area contributed by atoms with Crippen molar-refractivity contribution in [2.45, 2.75) is 30.6 Å². The lowest BCUT2D eigenvalue weighted by molar-refractivity contribution is 0.280. The molecule has 1 aromatic rings. The molecule has 110 valence electrons. The van der Waals surface area contributed by atoms with Crippen LogP contribution in [-0.4, -0.2) is 26.3 Å². The predicted octanol–water partition coefficient (Wildman–Crippen LogP) is 3.51. The molecule has 3 atom stereocenters. The second-order valence-corrected chi connectivity index (χ2v) is 9.13. The van der Waals surface area contributed by atoms with Gasteiger partial charge in [0.2, 0.25) is 10.0 Å². The Labute approximate surface area is 129 Å². The molecule has 2 saturated carbocycles. The highest BCUT2D eigenvalue weighted by Crippen LogP contribution is 2.48. The van der Waals surface area contributed by atoms with Gasteiger partial charge in [-0.15, -0.1) is 0 Å². The van der Waals surface area contributed by atoms with Crippen LogP contribution < -0.4 is 0 Å². The van der Waals surface area contributed by atoms with Crippen LogP contribution in [0.25, 0.3) is 0 Å². The zero-order valence-electron chi connectivity index (χ0n) is 11.6. The molecule has 3 nitrogen and oxygen atoms in total. The molecule has 20 heavy (non-hydrogen) atoms. The third-order valence-electron chi connectivity index (χ3n) is 4.90. The Morgan fingerprint density at radius 2 is 1.90 bits per heavy atom. The Hall–Kier alpha value is -0.390. The molecule has 2 aliphatic carbocycles. The fourth-order valence-corrected chi connectivity index (χ4v) is 5.31. The van der Waals surface area contributed by atoms with Crippen LogP contribution in [0.1, 0.15) is 25.7 Å². The first-order valence-electron chi connectivity index (χ1n) is 7.18. The van der Waals surface area contributed by atoms with Crippen LogP contribution in [0.4, 0.5) is 0 Å². The quantitative estimate of drug-likeness (QED) is 0.826. The van der Waals surface area contributed by atoms with Gasteiger partial charge in [0.1, 0.15) is 0 Å². The van der Waals surface area contributed by atoms with Crippen molar-refractivity contribution < 1.29 is 8.42 Å². The van der Waals surface area contributed by atoms with Crippen molar-refractivity contribution in [1.29, 1.82) is 0 Å². The molecule has 0 amide bonds. The first-order chi connectivity index (χ1) is 9.46. The molecule has 0 spiro atoms. The summed E-state index contributed by atoms with van der Waals surface area (Å²) in [6.07, 6.45) is 5.17. The Kier molecular flexibility index (Phi) is 3.95. The Morgan fingerprint density at radius 3 is 2.45 bits per heavy atom. The number of halogens is 1. The zero-order chi connectivity index (χ0) is 14.3. The minimum atomic E-state index is -3.35. The van der Waals surface area contributed by atoms with Crippen LogP contribution in [0.5, 0.6) is 0 Å². The van der Waals surface area contributed by atoms with E-state index in [1.807, 2.05) is 0 Å². The van der Waals surface area contributed by atoms with E-state index in [0.717, 1.165) is 16.3 Å². The van der Waals surface area contributed by atoms with Gasteiger partial charge in [0.05, 0.1) is 4.90 Å². The minimum absolute atomic E-state index is 0.381. The molecule has 3 rings (SSSR count). The van der Waals surface area contributed by atoms with Gasteiger partial charge in [0, 0.05) is 18.1 Å². The molecule has 2 bridgehead atoms. The molecule has 0 N–H and O–H groups in total. The second kappa shape index (κ2) is 5.43. The van der Waals surface area contributed by atoms with Crippen LogP contribution in [-0.2, 0) is 10.0 Å². The first-order valence-corrected chi connectivity index (χ1v) is 9.42. The molecule has 0 heterocycles. The number of rotatable bonds is 4. The third-order valence-corrected chi connectivity index (χ3v) is 7.26. The van der Waals surface area contributed by atoms with Gasteiger partial charge >= 0.3 is 0 Å². The first kappa shape index (κ1) is 14.5. The highest BCUT2D eigenvalue weighted by Gasteiger charge is 2.40. The standard InChI is InChI=1S/C15H20BrNO2S/c1-17(10-13-9-11-2-3-12(13)8-11)20(18,19)15-6-4-14(16)5-7-15/h4-7,11-13H,2-3,8-10H2,1H3. The van der Waals surface area contributed by atoms with Crippen molar-refractivity contribution in [1.82, 2.24) is 4.31 Å². The van der Waals surface area contributed by atoms with Crippen LogP contribution in [0.2, 0.25) is 0 Å². The monoisotopic (exact) mass is 357 g/mol. The van der Waals surface area contributed by atoms with Crippen LogP contribution in [0.3, 0.4) is 0 Å². The fourth-order valence-electron chi connectivity index (χ4n) is 3.81. The topological polar surface area (TPSA) is 37.4 Å². The van der Waals surface area contributed by atoms with Crippen molar-refractivity contribution in [2.24, 2.45) is 17.8 Å². The van der Waals surface area contributed by atoms with Gasteiger partial charge in [-0.05, 0) is 61.3 Å². The summed E-state index contributed by atoms with van der Waals surface area (Å²) in [5, 5.41) is 0. The van der Waals surface area contributed by atoms with E-state index in [9.17, 15) is 8.42 Å². The van der Waals surface area contributed by atoms with E-state index in [4.69, 9.17) is 0 Å². The number of hydrogen-bond acceptors (Lipinski definition) is 2. The molecular weight excluding hydrogens is 338 g/mol. The Bertz CT molecular complexity index is 584. The van der Waals surface area contributed by atoms with Crippen molar-refractivity contribution in [2.75, 3.05) is 13.6 Å². The highest BCUT2D eigenvalue weighted by atomic mass is 79.9. The maximum absolute atomic E-state index is 12.5. The smallest absolute Gasteiger partial charge is 0.207 e. The molecule has 2 fully saturated rings. The molecule has 1 aromatic carbocycles. The van der Waals surface area contributed by atoms with Gasteiger partial charge in [-0.2, -0.15) is 0 Å². The summed E-state index contributed by atoms with van der Waals surface area (Å²) in [6.45, 7) is 0.666. The van der Waals surface area contributed by atoms with E-state index in [1.165, 1.54) is 25.7 Å². The Balaban J connectivity index is 1.72. The summed E-state index contributed by atoms with van der Waals surface area (Å²) in [5.41, 5.74) is 0. The van der Waals surface area contributed by atoms with Crippen molar-refractivity contribution in [3.8, 4) is 0 Å². The van der Waals surface area contributed by atoms with Gasteiger partial charge in [-0.3, -0.25) is 0 Å². The van der Waals surface area contributed by atoms with E-state index >= 15 is 0 Å². The van der Waals surface area contributed by atoms with E-state index in [-0.39, 0.29) is 0 Å². The number of fused-ring (bicyclic) bond motifs is 2. The van der Waals surface area contributed by atoms with Gasteiger partial charge in [-0.25, -0.2) is 12.7 Å².